The third-order valence-corrected chi connectivity index (χ3v) is 4.03. The maximum absolute atomic E-state index is 11.4. The molecule has 0 atom stereocenters. The molecule has 2 heterocycles. The molecule has 1 aliphatic rings. The Balaban J connectivity index is 2.15. The second kappa shape index (κ2) is 4.80. The molecule has 0 fully saturated rings. The van der Waals surface area contributed by atoms with Gasteiger partial charge in [-0.1, -0.05) is 6.08 Å². The molecule has 1 aliphatic heterocycles. The van der Waals surface area contributed by atoms with Crippen molar-refractivity contribution in [3.63, 3.8) is 0 Å². The van der Waals surface area contributed by atoms with Gasteiger partial charge < -0.3 is 15.2 Å². The molecule has 3 rings (SSSR count). The van der Waals surface area contributed by atoms with Crippen molar-refractivity contribution in [3.05, 3.63) is 41.6 Å². The van der Waals surface area contributed by atoms with Crippen LogP contribution in [0.2, 0.25) is 0 Å². The van der Waals surface area contributed by atoms with Crippen LogP contribution >= 0.6 is 0 Å². The summed E-state index contributed by atoms with van der Waals surface area (Å²) in [6.45, 7) is 2.04. The predicted molar refractivity (Wildman–Crippen MR) is 81.5 cm³/mol. The van der Waals surface area contributed by atoms with Gasteiger partial charge in [0.15, 0.2) is 0 Å². The van der Waals surface area contributed by atoms with Crippen LogP contribution in [0, 0.1) is 0 Å². The van der Waals surface area contributed by atoms with Crippen LogP contribution in [0.4, 0.5) is 0 Å². The summed E-state index contributed by atoms with van der Waals surface area (Å²) in [6.07, 6.45) is 5.46. The number of hydrogen-bond donors (Lipinski definition) is 1. The quantitative estimate of drug-likeness (QED) is 0.906. The van der Waals surface area contributed by atoms with Gasteiger partial charge in [-0.05, 0) is 37.2 Å². The minimum Gasteiger partial charge on any atom is -0.366 e. The third-order valence-electron chi connectivity index (χ3n) is 4.03. The topological polar surface area (TPSA) is 51.3 Å². The van der Waals surface area contributed by atoms with Gasteiger partial charge in [-0.25, -0.2) is 0 Å². The van der Waals surface area contributed by atoms with Gasteiger partial charge in [0.05, 0.1) is 0 Å². The highest BCUT2D eigenvalue weighted by Crippen LogP contribution is 2.31. The molecule has 1 aromatic heterocycles. The van der Waals surface area contributed by atoms with E-state index in [1.807, 2.05) is 19.2 Å². The van der Waals surface area contributed by atoms with E-state index in [0.29, 0.717) is 5.56 Å². The monoisotopic (exact) mass is 269 g/mol. The second-order valence-corrected chi connectivity index (χ2v) is 5.49. The van der Waals surface area contributed by atoms with Crippen molar-refractivity contribution >= 4 is 22.4 Å². The molecular formula is C16H19N3O. The van der Waals surface area contributed by atoms with Crippen LogP contribution < -0.4 is 5.73 Å². The van der Waals surface area contributed by atoms with Crippen molar-refractivity contribution in [1.82, 2.24) is 9.47 Å². The zero-order valence-corrected chi connectivity index (χ0v) is 11.9. The van der Waals surface area contributed by atoms with E-state index < -0.39 is 0 Å². The summed E-state index contributed by atoms with van der Waals surface area (Å²) in [5, 5.41) is 1.11. The standard InChI is InChI=1S/C16H19N3O/c1-18-7-5-11(6-8-18)14-10-19(2)15-4-3-12(16(17)20)9-13(14)15/h3-5,9-10H,6-8H2,1-2H3,(H2,17,20). The summed E-state index contributed by atoms with van der Waals surface area (Å²) in [5.74, 6) is -0.376. The number of fused-ring (bicyclic) bond motifs is 1. The largest absolute Gasteiger partial charge is 0.366 e. The average Bonchev–Trinajstić information content (AvgIpc) is 2.76. The van der Waals surface area contributed by atoms with Gasteiger partial charge in [0.25, 0.3) is 0 Å². The van der Waals surface area contributed by atoms with Crippen molar-refractivity contribution in [2.24, 2.45) is 12.8 Å². The van der Waals surface area contributed by atoms with Crippen molar-refractivity contribution < 1.29 is 4.79 Å². The number of carbonyl (C=O) groups excluding carboxylic acids is 1. The van der Waals surface area contributed by atoms with Crippen LogP contribution in [0.25, 0.3) is 16.5 Å². The number of aryl methyl sites for hydroxylation is 1. The van der Waals surface area contributed by atoms with E-state index in [2.05, 4.69) is 28.8 Å². The molecule has 1 amide bonds. The first-order valence-corrected chi connectivity index (χ1v) is 6.83. The Morgan fingerprint density at radius 3 is 2.75 bits per heavy atom. The highest BCUT2D eigenvalue weighted by atomic mass is 16.1. The molecule has 1 aromatic carbocycles. The summed E-state index contributed by atoms with van der Waals surface area (Å²) in [5.41, 5.74) is 9.67. The van der Waals surface area contributed by atoms with Crippen molar-refractivity contribution in [3.8, 4) is 0 Å². The summed E-state index contributed by atoms with van der Waals surface area (Å²) in [7, 11) is 4.16. The first-order chi connectivity index (χ1) is 9.56. The lowest BCUT2D eigenvalue weighted by atomic mass is 9.98. The second-order valence-electron chi connectivity index (χ2n) is 5.49. The number of primary amides is 1. The molecule has 0 aliphatic carbocycles. The fourth-order valence-electron chi connectivity index (χ4n) is 2.82. The van der Waals surface area contributed by atoms with Crippen LogP contribution in [0.5, 0.6) is 0 Å². The van der Waals surface area contributed by atoms with Gasteiger partial charge >= 0.3 is 0 Å². The number of amides is 1. The molecule has 0 spiro atoms. The summed E-state index contributed by atoms with van der Waals surface area (Å²) < 4.78 is 2.11. The Morgan fingerprint density at radius 1 is 1.30 bits per heavy atom. The fourth-order valence-corrected chi connectivity index (χ4v) is 2.82. The zero-order chi connectivity index (χ0) is 14.3. The van der Waals surface area contributed by atoms with Gasteiger partial charge in [-0.15, -0.1) is 0 Å². The Bertz CT molecular complexity index is 712. The highest BCUT2D eigenvalue weighted by Gasteiger charge is 2.15. The molecule has 4 nitrogen and oxygen atoms in total. The molecule has 0 bridgehead atoms. The van der Waals surface area contributed by atoms with Crippen molar-refractivity contribution in [2.45, 2.75) is 6.42 Å². The Hall–Kier alpha value is -2.07. The van der Waals surface area contributed by atoms with Crippen LogP contribution in [0.1, 0.15) is 22.3 Å². The number of aromatic nitrogens is 1. The lowest BCUT2D eigenvalue weighted by Gasteiger charge is -2.21. The highest BCUT2D eigenvalue weighted by molar-refractivity contribution is 6.00. The number of hydrogen-bond acceptors (Lipinski definition) is 2. The lowest BCUT2D eigenvalue weighted by Crippen LogP contribution is -2.23. The molecule has 20 heavy (non-hydrogen) atoms. The zero-order valence-electron chi connectivity index (χ0n) is 11.9. The molecule has 0 radical (unpaired) electrons. The molecule has 0 saturated carbocycles. The molecule has 0 unspecified atom stereocenters. The SMILES string of the molecule is CN1CC=C(c2cn(C)c3ccc(C(N)=O)cc23)CC1. The van der Waals surface area contributed by atoms with E-state index in [1.165, 1.54) is 11.1 Å². The summed E-state index contributed by atoms with van der Waals surface area (Å²) in [4.78, 5) is 13.7. The number of benzene rings is 1. The van der Waals surface area contributed by atoms with Crippen molar-refractivity contribution in [2.75, 3.05) is 20.1 Å². The minimum absolute atomic E-state index is 0.376. The first kappa shape index (κ1) is 12.9. The van der Waals surface area contributed by atoms with Crippen LogP contribution in [0.3, 0.4) is 0 Å². The maximum Gasteiger partial charge on any atom is 0.248 e. The van der Waals surface area contributed by atoms with Gasteiger partial charge in [0.2, 0.25) is 5.91 Å². The predicted octanol–water partition coefficient (Wildman–Crippen LogP) is 2.00. The number of carbonyl (C=O) groups is 1. The van der Waals surface area contributed by atoms with E-state index in [4.69, 9.17) is 5.73 Å². The van der Waals surface area contributed by atoms with E-state index in [0.717, 1.165) is 30.4 Å². The maximum atomic E-state index is 11.4. The molecule has 2 N–H and O–H groups in total. The summed E-state index contributed by atoms with van der Waals surface area (Å²) in [6, 6.07) is 5.66. The van der Waals surface area contributed by atoms with Crippen LogP contribution in [-0.2, 0) is 7.05 Å². The lowest BCUT2D eigenvalue weighted by molar-refractivity contribution is 0.100. The van der Waals surface area contributed by atoms with Gasteiger partial charge in [0, 0.05) is 48.4 Å². The first-order valence-electron chi connectivity index (χ1n) is 6.83. The smallest absolute Gasteiger partial charge is 0.248 e. The molecular weight excluding hydrogens is 250 g/mol. The van der Waals surface area contributed by atoms with Gasteiger partial charge in [0.1, 0.15) is 0 Å². The number of likely N-dealkylation sites (N-methyl/N-ethyl adjacent to an activating group) is 1. The van der Waals surface area contributed by atoms with E-state index in [9.17, 15) is 4.79 Å². The van der Waals surface area contributed by atoms with Gasteiger partial charge in [-0.2, -0.15) is 0 Å². The summed E-state index contributed by atoms with van der Waals surface area (Å²) >= 11 is 0. The van der Waals surface area contributed by atoms with Crippen LogP contribution in [-0.4, -0.2) is 35.5 Å². The number of nitrogens with zero attached hydrogens (tertiary/aromatic N) is 2. The fraction of sp³-hybridized carbons (Fsp3) is 0.312. The van der Waals surface area contributed by atoms with E-state index in [1.54, 1.807) is 6.07 Å². The molecule has 4 heteroatoms. The third kappa shape index (κ3) is 2.12. The van der Waals surface area contributed by atoms with Crippen molar-refractivity contribution in [1.29, 1.82) is 0 Å². The minimum atomic E-state index is -0.376. The Kier molecular flexibility index (Phi) is 3.10. The molecule has 2 aromatic rings. The van der Waals surface area contributed by atoms with Crippen LogP contribution in [0.15, 0.2) is 30.5 Å². The number of nitrogens with two attached hydrogens (primary N) is 1. The van der Waals surface area contributed by atoms with Gasteiger partial charge in [-0.3, -0.25) is 4.79 Å². The number of rotatable bonds is 2. The van der Waals surface area contributed by atoms with E-state index >= 15 is 0 Å². The Labute approximate surface area is 118 Å². The molecule has 0 saturated heterocycles. The normalized spacial score (nSPS) is 16.4. The molecule has 104 valence electrons. The Morgan fingerprint density at radius 2 is 2.10 bits per heavy atom. The average molecular weight is 269 g/mol. The van der Waals surface area contributed by atoms with E-state index in [-0.39, 0.29) is 5.91 Å².